The van der Waals surface area contributed by atoms with Gasteiger partial charge in [0.2, 0.25) is 5.88 Å². The number of nitrogens with zero attached hydrogens (tertiary/aromatic N) is 2. The Morgan fingerprint density at radius 2 is 1.82 bits per heavy atom. The van der Waals surface area contributed by atoms with E-state index in [2.05, 4.69) is 9.97 Å². The van der Waals surface area contributed by atoms with Crippen molar-refractivity contribution >= 4 is 5.97 Å². The third kappa shape index (κ3) is 7.33. The lowest BCUT2D eigenvalue weighted by atomic mass is 9.91. The molecule has 0 unspecified atom stereocenters. The largest absolute Gasteiger partial charge is 0.497 e. The van der Waals surface area contributed by atoms with Gasteiger partial charge in [0.05, 0.1) is 32.8 Å². The van der Waals surface area contributed by atoms with Crippen LogP contribution in [0.5, 0.6) is 17.4 Å². The molecule has 38 heavy (non-hydrogen) atoms. The Balaban J connectivity index is 1.51. The summed E-state index contributed by atoms with van der Waals surface area (Å²) in [4.78, 5) is 19.7. The van der Waals surface area contributed by atoms with Crippen molar-refractivity contribution in [1.82, 2.24) is 9.97 Å². The summed E-state index contributed by atoms with van der Waals surface area (Å²) in [6, 6.07) is 11.0. The van der Waals surface area contributed by atoms with Gasteiger partial charge >= 0.3 is 12.1 Å². The van der Waals surface area contributed by atoms with Gasteiger partial charge in [-0.3, -0.25) is 4.79 Å². The van der Waals surface area contributed by atoms with Crippen molar-refractivity contribution in [2.75, 3.05) is 13.7 Å². The molecule has 1 saturated carbocycles. The van der Waals surface area contributed by atoms with E-state index >= 15 is 0 Å². The maximum absolute atomic E-state index is 14.5. The van der Waals surface area contributed by atoms with Crippen molar-refractivity contribution in [3.05, 3.63) is 65.7 Å². The van der Waals surface area contributed by atoms with Crippen molar-refractivity contribution < 1.29 is 41.7 Å². The Bertz CT molecular complexity index is 1260. The van der Waals surface area contributed by atoms with Crippen LogP contribution in [0.25, 0.3) is 11.3 Å². The van der Waals surface area contributed by atoms with Crippen molar-refractivity contribution in [2.24, 2.45) is 5.92 Å². The number of aromatic nitrogens is 2. The van der Waals surface area contributed by atoms with E-state index in [-0.39, 0.29) is 41.8 Å². The number of hydrogen-bond donors (Lipinski definition) is 1. The highest BCUT2D eigenvalue weighted by atomic mass is 19.4. The van der Waals surface area contributed by atoms with Gasteiger partial charge in [-0.05, 0) is 60.6 Å². The topological polar surface area (TPSA) is 90.8 Å². The molecule has 4 rings (SSSR count). The number of aliphatic carboxylic acids is 1. The van der Waals surface area contributed by atoms with E-state index in [0.717, 1.165) is 24.5 Å². The molecule has 1 aromatic heterocycles. The van der Waals surface area contributed by atoms with E-state index in [1.54, 1.807) is 12.1 Å². The van der Waals surface area contributed by atoms with Crippen LogP contribution in [0.4, 0.5) is 17.6 Å². The number of carboxylic acid groups (broad SMARTS) is 1. The van der Waals surface area contributed by atoms with Gasteiger partial charge in [-0.2, -0.15) is 13.2 Å². The predicted octanol–water partition coefficient (Wildman–Crippen LogP) is 6.17. The fourth-order valence-electron chi connectivity index (χ4n) is 4.05. The lowest BCUT2D eigenvalue weighted by molar-refractivity contribution is -0.140. The van der Waals surface area contributed by atoms with Crippen molar-refractivity contribution in [3.8, 4) is 28.6 Å². The molecule has 1 heterocycles. The monoisotopic (exact) mass is 534 g/mol. The maximum atomic E-state index is 14.5. The van der Waals surface area contributed by atoms with Gasteiger partial charge in [-0.1, -0.05) is 12.1 Å². The number of rotatable bonds is 12. The Labute approximate surface area is 216 Å². The molecule has 1 N–H and O–H groups in total. The summed E-state index contributed by atoms with van der Waals surface area (Å²) in [5.41, 5.74) is 1.08. The molecule has 0 aliphatic heterocycles. The molecule has 0 amide bonds. The zero-order valence-corrected chi connectivity index (χ0v) is 20.5. The molecule has 3 aromatic rings. The van der Waals surface area contributed by atoms with Gasteiger partial charge in [-0.25, -0.2) is 14.4 Å². The molecular formula is C27H26F4N2O5. The first-order valence-electron chi connectivity index (χ1n) is 12.0. The summed E-state index contributed by atoms with van der Waals surface area (Å²) in [7, 11) is 1.40. The summed E-state index contributed by atoms with van der Waals surface area (Å²) >= 11 is 0. The second kappa shape index (κ2) is 11.7. The minimum Gasteiger partial charge on any atom is -0.497 e. The van der Waals surface area contributed by atoms with E-state index in [9.17, 15) is 27.5 Å². The maximum Gasteiger partial charge on any atom is 0.392 e. The van der Waals surface area contributed by atoms with Crippen LogP contribution in [0.3, 0.4) is 0 Å². The second-order valence-corrected chi connectivity index (χ2v) is 8.97. The number of benzene rings is 2. The molecule has 1 fully saturated rings. The highest BCUT2D eigenvalue weighted by molar-refractivity contribution is 5.68. The Hall–Kier alpha value is -3.89. The van der Waals surface area contributed by atoms with Crippen LogP contribution in [0.1, 0.15) is 42.9 Å². The van der Waals surface area contributed by atoms with Gasteiger partial charge in [0.25, 0.3) is 0 Å². The minimum atomic E-state index is -4.44. The van der Waals surface area contributed by atoms with Crippen LogP contribution in [0, 0.1) is 11.7 Å². The van der Waals surface area contributed by atoms with Crippen LogP contribution in [0.15, 0.2) is 48.7 Å². The lowest BCUT2D eigenvalue weighted by Gasteiger charge is -2.15. The molecule has 0 spiro atoms. The molecule has 0 radical (unpaired) electrons. The smallest absolute Gasteiger partial charge is 0.392 e. The number of ether oxygens (including phenoxy) is 3. The summed E-state index contributed by atoms with van der Waals surface area (Å²) in [6.45, 7) is -0.801. The van der Waals surface area contributed by atoms with Crippen LogP contribution < -0.4 is 14.2 Å². The van der Waals surface area contributed by atoms with Crippen LogP contribution in [-0.2, 0) is 11.4 Å². The van der Waals surface area contributed by atoms with Gasteiger partial charge in [0, 0.05) is 5.56 Å². The molecule has 202 valence electrons. The van der Waals surface area contributed by atoms with E-state index in [4.69, 9.17) is 14.2 Å². The van der Waals surface area contributed by atoms with Crippen molar-refractivity contribution in [1.29, 1.82) is 0 Å². The average molecular weight is 535 g/mol. The first-order valence-corrected chi connectivity index (χ1v) is 12.0. The lowest BCUT2D eigenvalue weighted by Crippen LogP contribution is -2.14. The molecule has 7 nitrogen and oxygen atoms in total. The number of halogens is 4. The Morgan fingerprint density at radius 1 is 1.11 bits per heavy atom. The van der Waals surface area contributed by atoms with Crippen LogP contribution in [0.2, 0.25) is 0 Å². The molecule has 11 heteroatoms. The van der Waals surface area contributed by atoms with Crippen LogP contribution >= 0.6 is 0 Å². The molecule has 0 bridgehead atoms. The van der Waals surface area contributed by atoms with E-state index in [1.807, 2.05) is 12.1 Å². The first-order chi connectivity index (χ1) is 18.1. The van der Waals surface area contributed by atoms with Crippen molar-refractivity contribution in [2.45, 2.75) is 44.4 Å². The number of hydrogen-bond acceptors (Lipinski definition) is 6. The highest BCUT2D eigenvalue weighted by Gasteiger charge is 2.33. The molecule has 0 saturated heterocycles. The van der Waals surface area contributed by atoms with Gasteiger partial charge in [0.1, 0.15) is 35.3 Å². The Morgan fingerprint density at radius 3 is 2.45 bits per heavy atom. The van der Waals surface area contributed by atoms with Gasteiger partial charge < -0.3 is 19.3 Å². The minimum absolute atomic E-state index is 0.0338. The Kier molecular flexibility index (Phi) is 8.33. The molecular weight excluding hydrogens is 508 g/mol. The van der Waals surface area contributed by atoms with Crippen molar-refractivity contribution in [3.63, 3.8) is 0 Å². The zero-order valence-electron chi connectivity index (χ0n) is 20.5. The summed E-state index contributed by atoms with van der Waals surface area (Å²) in [5, 5.41) is 9.21. The second-order valence-electron chi connectivity index (χ2n) is 8.97. The SMILES string of the molecule is COc1ccc(F)c(-c2ncc(COc3ccc([C@@H](CC(=O)O)C4CC4)cc3)nc2OCCC(F)(F)F)c1. The summed E-state index contributed by atoms with van der Waals surface area (Å²) in [6.07, 6.45) is -2.24. The number of carboxylic acids is 1. The third-order valence-corrected chi connectivity index (χ3v) is 6.12. The number of methoxy groups -OCH3 is 1. The van der Waals surface area contributed by atoms with Gasteiger partial charge in [0.15, 0.2) is 0 Å². The first kappa shape index (κ1) is 27.2. The summed E-state index contributed by atoms with van der Waals surface area (Å²) in [5.74, 6) is -0.636. The molecule has 1 atom stereocenters. The zero-order chi connectivity index (χ0) is 27.3. The fraction of sp³-hybridized carbons (Fsp3) is 0.370. The molecule has 2 aromatic carbocycles. The van der Waals surface area contributed by atoms with E-state index in [1.165, 1.54) is 25.4 Å². The van der Waals surface area contributed by atoms with Gasteiger partial charge in [-0.15, -0.1) is 0 Å². The highest BCUT2D eigenvalue weighted by Crippen LogP contribution is 2.44. The number of carbonyl (C=O) groups is 1. The molecule has 1 aliphatic carbocycles. The molecule has 1 aliphatic rings. The third-order valence-electron chi connectivity index (χ3n) is 6.12. The number of alkyl halides is 3. The predicted molar refractivity (Wildman–Crippen MR) is 129 cm³/mol. The normalized spacial score (nSPS) is 14.1. The van der Waals surface area contributed by atoms with E-state index < -0.39 is 31.0 Å². The van der Waals surface area contributed by atoms with E-state index in [0.29, 0.717) is 17.4 Å². The summed E-state index contributed by atoms with van der Waals surface area (Å²) < 4.78 is 68.7. The average Bonchev–Trinajstić information content (AvgIpc) is 3.72. The standard InChI is InChI=1S/C27H26F4N2O5/c1-36-20-8-9-23(28)22(12-20)25-26(37-11-10-27(29,30)31)33-18(14-32-25)15-38-19-6-4-17(5-7-19)21(13-24(34)35)16-2-3-16/h4-9,12,14,16,21H,2-3,10-11,13,15H2,1H3,(H,34,35)/t21-/m0/s1. The fourth-order valence-corrected chi connectivity index (χ4v) is 4.05. The van der Waals surface area contributed by atoms with Crippen LogP contribution in [-0.4, -0.2) is 40.9 Å². The quantitative estimate of drug-likeness (QED) is 0.278.